The number of anilines is 1. The molecule has 1 amide bonds. The Morgan fingerprint density at radius 2 is 1.93 bits per heavy atom. The van der Waals surface area contributed by atoms with Crippen molar-refractivity contribution in [1.82, 2.24) is 19.9 Å². The van der Waals surface area contributed by atoms with Crippen LogP contribution in [0.1, 0.15) is 23.1 Å². The number of hydrogen-bond donors (Lipinski definition) is 0. The van der Waals surface area contributed by atoms with Crippen LogP contribution in [-0.2, 0) is 4.79 Å². The van der Waals surface area contributed by atoms with Gasteiger partial charge in [0.15, 0.2) is 0 Å². The summed E-state index contributed by atoms with van der Waals surface area (Å²) in [7, 11) is 0. The number of carbonyl (C=O) groups is 1. The Labute approximate surface area is 178 Å². The number of thiophene rings is 1. The first-order valence-electron chi connectivity index (χ1n) is 9.99. The molecule has 1 fully saturated rings. The van der Waals surface area contributed by atoms with Crippen molar-refractivity contribution in [2.45, 2.75) is 12.5 Å². The van der Waals surface area contributed by atoms with Gasteiger partial charge in [-0.2, -0.15) is 5.10 Å². The van der Waals surface area contributed by atoms with E-state index in [4.69, 9.17) is 4.42 Å². The molecular formula is C21H22N6O2S. The van der Waals surface area contributed by atoms with Gasteiger partial charge in [-0.3, -0.25) is 9.69 Å². The molecule has 0 radical (unpaired) electrons. The van der Waals surface area contributed by atoms with Crippen molar-refractivity contribution in [3.8, 4) is 0 Å². The molecule has 154 valence electrons. The highest BCUT2D eigenvalue weighted by atomic mass is 32.1. The molecule has 3 aromatic heterocycles. The molecule has 0 N–H and O–H groups in total. The summed E-state index contributed by atoms with van der Waals surface area (Å²) in [6, 6.07) is 9.44. The quantitative estimate of drug-likeness (QED) is 0.629. The number of piperazine rings is 1. The summed E-state index contributed by atoms with van der Waals surface area (Å²) < 4.78 is 5.62. The van der Waals surface area contributed by atoms with Crippen LogP contribution in [-0.4, -0.2) is 64.2 Å². The van der Waals surface area contributed by atoms with E-state index in [1.807, 2.05) is 35.7 Å². The molecule has 30 heavy (non-hydrogen) atoms. The van der Waals surface area contributed by atoms with Crippen LogP contribution in [0.4, 0.5) is 5.95 Å². The Morgan fingerprint density at radius 1 is 1.10 bits per heavy atom. The summed E-state index contributed by atoms with van der Waals surface area (Å²) in [5, 5.41) is 8.33. The number of carbonyl (C=O) groups excluding carboxylic acids is 1. The molecule has 1 saturated heterocycles. The number of rotatable bonds is 5. The van der Waals surface area contributed by atoms with Gasteiger partial charge < -0.3 is 9.32 Å². The summed E-state index contributed by atoms with van der Waals surface area (Å²) in [4.78, 5) is 27.2. The Balaban J connectivity index is 1.26. The molecule has 5 rings (SSSR count). The van der Waals surface area contributed by atoms with Gasteiger partial charge in [-0.05, 0) is 29.6 Å². The molecular weight excluding hydrogens is 400 g/mol. The van der Waals surface area contributed by atoms with E-state index in [1.165, 1.54) is 0 Å². The third-order valence-corrected chi connectivity index (χ3v) is 6.33. The summed E-state index contributed by atoms with van der Waals surface area (Å²) in [6.45, 7) is 3.49. The lowest BCUT2D eigenvalue weighted by molar-refractivity contribution is -0.134. The monoisotopic (exact) mass is 422 g/mol. The van der Waals surface area contributed by atoms with Crippen LogP contribution >= 0.6 is 11.3 Å². The summed E-state index contributed by atoms with van der Waals surface area (Å²) in [6.07, 6.45) is 5.82. The number of nitrogens with zero attached hydrogens (tertiary/aromatic N) is 6. The number of aromatic nitrogens is 2. The summed E-state index contributed by atoms with van der Waals surface area (Å²) in [5.41, 5.74) is 0.936. The van der Waals surface area contributed by atoms with Crippen molar-refractivity contribution in [3.63, 3.8) is 0 Å². The van der Waals surface area contributed by atoms with Crippen molar-refractivity contribution < 1.29 is 9.21 Å². The Kier molecular flexibility index (Phi) is 5.29. The minimum atomic E-state index is -0.191. The third-order valence-electron chi connectivity index (χ3n) is 5.41. The Morgan fingerprint density at radius 3 is 2.63 bits per heavy atom. The minimum Gasteiger partial charge on any atom is -0.467 e. The first kappa shape index (κ1) is 19.0. The second-order valence-corrected chi connectivity index (χ2v) is 8.26. The predicted octanol–water partition coefficient (Wildman–Crippen LogP) is 2.63. The van der Waals surface area contributed by atoms with Gasteiger partial charge in [0.25, 0.3) is 5.91 Å². The molecule has 1 atom stereocenters. The van der Waals surface area contributed by atoms with Crippen LogP contribution in [0.2, 0.25) is 0 Å². The van der Waals surface area contributed by atoms with Crippen LogP contribution < -0.4 is 4.90 Å². The first-order valence-corrected chi connectivity index (χ1v) is 10.9. The van der Waals surface area contributed by atoms with Gasteiger partial charge in [-0.25, -0.2) is 15.0 Å². The zero-order valence-electron chi connectivity index (χ0n) is 16.4. The van der Waals surface area contributed by atoms with Crippen LogP contribution in [0.25, 0.3) is 0 Å². The van der Waals surface area contributed by atoms with Gasteiger partial charge >= 0.3 is 0 Å². The van der Waals surface area contributed by atoms with E-state index >= 15 is 0 Å². The minimum absolute atomic E-state index is 0.00707. The summed E-state index contributed by atoms with van der Waals surface area (Å²) >= 11 is 1.64. The largest absolute Gasteiger partial charge is 0.467 e. The third kappa shape index (κ3) is 3.86. The van der Waals surface area contributed by atoms with E-state index in [0.717, 1.165) is 48.5 Å². The molecule has 0 bridgehead atoms. The van der Waals surface area contributed by atoms with Crippen molar-refractivity contribution >= 4 is 28.9 Å². The molecule has 3 aromatic rings. The molecule has 0 aromatic carbocycles. The number of amides is 1. The van der Waals surface area contributed by atoms with E-state index in [9.17, 15) is 4.79 Å². The standard InChI is InChI=1S/C21H22N6O2S/c28-20(15-25-8-10-26(11-9-25)21-22-6-3-7-23-21)27-17(18-4-1-12-29-18)14-16(24-27)19-5-2-13-30-19/h1-7,12-13,17H,8-11,14-15H2. The fourth-order valence-corrected chi connectivity index (χ4v) is 4.58. The number of hydrogen-bond acceptors (Lipinski definition) is 8. The molecule has 0 spiro atoms. The maximum Gasteiger partial charge on any atom is 0.257 e. The topological polar surface area (TPSA) is 78.1 Å². The first-order chi connectivity index (χ1) is 14.8. The van der Waals surface area contributed by atoms with Gasteiger partial charge in [0.05, 0.1) is 23.4 Å². The van der Waals surface area contributed by atoms with Gasteiger partial charge in [0, 0.05) is 45.0 Å². The van der Waals surface area contributed by atoms with E-state index in [1.54, 1.807) is 35.0 Å². The number of furan rings is 1. The SMILES string of the molecule is O=C(CN1CCN(c2ncccn2)CC1)N1N=C(c2cccs2)CC1c1ccco1. The summed E-state index contributed by atoms with van der Waals surface area (Å²) in [5.74, 6) is 1.50. The van der Waals surface area contributed by atoms with Crippen molar-refractivity contribution in [2.75, 3.05) is 37.6 Å². The molecule has 0 saturated carbocycles. The number of hydrazone groups is 1. The maximum absolute atomic E-state index is 13.2. The van der Waals surface area contributed by atoms with Crippen LogP contribution in [0.3, 0.4) is 0 Å². The molecule has 1 unspecified atom stereocenters. The van der Waals surface area contributed by atoms with Gasteiger partial charge in [-0.1, -0.05) is 6.07 Å². The maximum atomic E-state index is 13.2. The van der Waals surface area contributed by atoms with E-state index in [2.05, 4.69) is 24.9 Å². The highest BCUT2D eigenvalue weighted by molar-refractivity contribution is 7.12. The average molecular weight is 423 g/mol. The van der Waals surface area contributed by atoms with Gasteiger partial charge in [-0.15, -0.1) is 11.3 Å². The van der Waals surface area contributed by atoms with Crippen molar-refractivity contribution in [1.29, 1.82) is 0 Å². The lowest BCUT2D eigenvalue weighted by atomic mass is 10.1. The lowest BCUT2D eigenvalue weighted by Gasteiger charge is -2.34. The zero-order valence-corrected chi connectivity index (χ0v) is 17.2. The van der Waals surface area contributed by atoms with Crippen molar-refractivity contribution in [2.24, 2.45) is 5.10 Å². The van der Waals surface area contributed by atoms with E-state index < -0.39 is 0 Å². The van der Waals surface area contributed by atoms with Gasteiger partial charge in [0.1, 0.15) is 11.8 Å². The fourth-order valence-electron chi connectivity index (χ4n) is 3.86. The van der Waals surface area contributed by atoms with E-state index in [0.29, 0.717) is 13.0 Å². The van der Waals surface area contributed by atoms with Crippen molar-refractivity contribution in [3.05, 3.63) is 65.0 Å². The van der Waals surface area contributed by atoms with Crippen LogP contribution in [0.15, 0.2) is 63.9 Å². The zero-order chi connectivity index (χ0) is 20.3. The fraction of sp³-hybridized carbons (Fsp3) is 0.333. The Bertz CT molecular complexity index is 998. The molecule has 2 aliphatic rings. The molecule has 0 aliphatic carbocycles. The molecule has 9 heteroatoms. The van der Waals surface area contributed by atoms with Crippen LogP contribution in [0.5, 0.6) is 0 Å². The second-order valence-electron chi connectivity index (χ2n) is 7.31. The highest BCUT2D eigenvalue weighted by Gasteiger charge is 2.36. The Hall–Kier alpha value is -3.04. The highest BCUT2D eigenvalue weighted by Crippen LogP contribution is 2.34. The van der Waals surface area contributed by atoms with Gasteiger partial charge in [0.2, 0.25) is 5.95 Å². The average Bonchev–Trinajstić information content (AvgIpc) is 3.56. The molecule has 8 nitrogen and oxygen atoms in total. The molecule has 5 heterocycles. The normalized spacial score (nSPS) is 19.9. The smallest absolute Gasteiger partial charge is 0.257 e. The van der Waals surface area contributed by atoms with E-state index in [-0.39, 0.29) is 11.9 Å². The molecule has 2 aliphatic heterocycles. The second kappa shape index (κ2) is 8.37. The van der Waals surface area contributed by atoms with Crippen LogP contribution in [0, 0.1) is 0 Å². The lowest BCUT2D eigenvalue weighted by Crippen LogP contribution is -2.50. The predicted molar refractivity (Wildman–Crippen MR) is 114 cm³/mol.